The summed E-state index contributed by atoms with van der Waals surface area (Å²) < 4.78 is 0. The number of amides is 2. The standard InChI is InChI=1S/C21H19N3O2S/c25-19(22-12-15-6-7-18-16(8-15)10-20(26)24-18)11-17-13-27-21(23-17)9-14-4-2-1-3-5-14/h1-8,13H,9-12H2,(H,22,25)(H,24,26). The van der Waals surface area contributed by atoms with E-state index in [4.69, 9.17) is 0 Å². The second-order valence-electron chi connectivity index (χ2n) is 6.56. The van der Waals surface area contributed by atoms with Crippen LogP contribution in [0.15, 0.2) is 53.9 Å². The van der Waals surface area contributed by atoms with E-state index >= 15 is 0 Å². The molecule has 1 aliphatic heterocycles. The van der Waals surface area contributed by atoms with Crippen LogP contribution >= 0.6 is 11.3 Å². The molecule has 0 bridgehead atoms. The van der Waals surface area contributed by atoms with Crippen LogP contribution in [0.3, 0.4) is 0 Å². The number of nitrogens with zero attached hydrogens (tertiary/aromatic N) is 1. The minimum Gasteiger partial charge on any atom is -0.352 e. The van der Waals surface area contributed by atoms with Crippen molar-refractivity contribution in [2.75, 3.05) is 5.32 Å². The summed E-state index contributed by atoms with van der Waals surface area (Å²) >= 11 is 1.58. The molecule has 4 rings (SSSR count). The Kier molecular flexibility index (Phi) is 4.98. The third-order valence-corrected chi connectivity index (χ3v) is 5.32. The molecule has 0 fully saturated rings. The molecule has 1 aromatic heterocycles. The molecule has 1 aliphatic rings. The van der Waals surface area contributed by atoms with Crippen molar-refractivity contribution in [2.45, 2.75) is 25.8 Å². The van der Waals surface area contributed by atoms with E-state index in [9.17, 15) is 9.59 Å². The molecule has 0 unspecified atom stereocenters. The maximum absolute atomic E-state index is 12.2. The zero-order chi connectivity index (χ0) is 18.6. The van der Waals surface area contributed by atoms with Crippen molar-refractivity contribution >= 4 is 28.8 Å². The molecule has 0 atom stereocenters. The zero-order valence-electron chi connectivity index (χ0n) is 14.7. The average Bonchev–Trinajstić information content (AvgIpc) is 3.25. The number of nitrogens with one attached hydrogen (secondary N) is 2. The highest BCUT2D eigenvalue weighted by Gasteiger charge is 2.17. The summed E-state index contributed by atoms with van der Waals surface area (Å²) in [6.07, 6.45) is 1.46. The number of benzene rings is 2. The lowest BCUT2D eigenvalue weighted by molar-refractivity contribution is -0.120. The summed E-state index contributed by atoms with van der Waals surface area (Å²) in [5, 5.41) is 8.70. The maximum Gasteiger partial charge on any atom is 0.228 e. The Hall–Kier alpha value is -2.99. The van der Waals surface area contributed by atoms with E-state index in [0.717, 1.165) is 33.9 Å². The van der Waals surface area contributed by atoms with Crippen molar-refractivity contribution < 1.29 is 9.59 Å². The van der Waals surface area contributed by atoms with Gasteiger partial charge in [-0.1, -0.05) is 42.5 Å². The lowest BCUT2D eigenvalue weighted by atomic mass is 10.1. The summed E-state index contributed by atoms with van der Waals surface area (Å²) in [5.74, 6) is -0.0396. The summed E-state index contributed by atoms with van der Waals surface area (Å²) in [7, 11) is 0. The number of anilines is 1. The van der Waals surface area contributed by atoms with E-state index < -0.39 is 0 Å². The van der Waals surface area contributed by atoms with Crippen molar-refractivity contribution in [1.82, 2.24) is 10.3 Å². The van der Waals surface area contributed by atoms with E-state index in [1.54, 1.807) is 11.3 Å². The maximum atomic E-state index is 12.2. The monoisotopic (exact) mass is 377 g/mol. The van der Waals surface area contributed by atoms with Gasteiger partial charge in [0.2, 0.25) is 11.8 Å². The van der Waals surface area contributed by atoms with Crippen LogP contribution in [0.25, 0.3) is 0 Å². The Morgan fingerprint density at radius 2 is 2.00 bits per heavy atom. The normalized spacial score (nSPS) is 12.5. The second-order valence-corrected chi connectivity index (χ2v) is 7.51. The first kappa shape index (κ1) is 17.4. The fourth-order valence-corrected chi connectivity index (χ4v) is 3.93. The number of rotatable bonds is 6. The number of fused-ring (bicyclic) bond motifs is 1. The van der Waals surface area contributed by atoms with Gasteiger partial charge in [-0.25, -0.2) is 4.98 Å². The van der Waals surface area contributed by atoms with Gasteiger partial charge in [0.1, 0.15) is 0 Å². The second kappa shape index (κ2) is 7.72. The smallest absolute Gasteiger partial charge is 0.228 e. The average molecular weight is 377 g/mol. The SMILES string of the molecule is O=C(Cc1csc(Cc2ccccc2)n1)NCc1ccc2c(c1)CC(=O)N2. The lowest BCUT2D eigenvalue weighted by Crippen LogP contribution is -2.24. The number of hydrogen-bond acceptors (Lipinski definition) is 4. The number of hydrogen-bond donors (Lipinski definition) is 2. The van der Waals surface area contributed by atoms with Crippen molar-refractivity contribution in [2.24, 2.45) is 0 Å². The van der Waals surface area contributed by atoms with E-state index in [-0.39, 0.29) is 18.2 Å². The molecular weight excluding hydrogens is 358 g/mol. The number of thiazole rings is 1. The van der Waals surface area contributed by atoms with Gasteiger partial charge in [0.25, 0.3) is 0 Å². The Labute approximate surface area is 161 Å². The lowest BCUT2D eigenvalue weighted by Gasteiger charge is -2.06. The Morgan fingerprint density at radius 3 is 2.85 bits per heavy atom. The summed E-state index contributed by atoms with van der Waals surface area (Å²) in [6, 6.07) is 16.0. The first-order chi connectivity index (χ1) is 13.2. The Balaban J connectivity index is 1.30. The van der Waals surface area contributed by atoms with Gasteiger partial charge in [-0.3, -0.25) is 9.59 Å². The molecular formula is C21H19N3O2S. The van der Waals surface area contributed by atoms with Gasteiger partial charge >= 0.3 is 0 Å². The number of carbonyl (C=O) groups is 2. The molecule has 3 aromatic rings. The molecule has 0 saturated carbocycles. The molecule has 2 aromatic carbocycles. The molecule has 27 heavy (non-hydrogen) atoms. The summed E-state index contributed by atoms with van der Waals surface area (Å²) in [5.41, 5.74) is 4.85. The van der Waals surface area contributed by atoms with Crippen LogP contribution in [-0.2, 0) is 35.4 Å². The fraction of sp³-hybridized carbons (Fsp3) is 0.190. The Morgan fingerprint density at radius 1 is 1.15 bits per heavy atom. The van der Waals surface area contributed by atoms with E-state index in [1.807, 2.05) is 41.8 Å². The van der Waals surface area contributed by atoms with Gasteiger partial charge in [-0.15, -0.1) is 11.3 Å². The molecule has 0 radical (unpaired) electrons. The quantitative estimate of drug-likeness (QED) is 0.693. The van der Waals surface area contributed by atoms with Gasteiger partial charge in [0.05, 0.1) is 23.5 Å². The van der Waals surface area contributed by atoms with Crippen LogP contribution in [0, 0.1) is 0 Å². The van der Waals surface area contributed by atoms with E-state index in [1.165, 1.54) is 5.56 Å². The largest absolute Gasteiger partial charge is 0.352 e. The molecule has 136 valence electrons. The molecule has 0 saturated heterocycles. The van der Waals surface area contributed by atoms with Crippen LogP contribution in [0.2, 0.25) is 0 Å². The molecule has 0 aliphatic carbocycles. The van der Waals surface area contributed by atoms with Crippen molar-refractivity contribution in [3.05, 3.63) is 81.3 Å². The highest BCUT2D eigenvalue weighted by Crippen LogP contribution is 2.23. The summed E-state index contributed by atoms with van der Waals surface area (Å²) in [6.45, 7) is 0.446. The van der Waals surface area contributed by atoms with Gasteiger partial charge in [-0.2, -0.15) is 0 Å². The summed E-state index contributed by atoms with van der Waals surface area (Å²) in [4.78, 5) is 28.2. The van der Waals surface area contributed by atoms with Crippen LogP contribution in [-0.4, -0.2) is 16.8 Å². The van der Waals surface area contributed by atoms with Gasteiger partial charge in [0, 0.05) is 24.0 Å². The highest BCUT2D eigenvalue weighted by molar-refractivity contribution is 7.09. The minimum absolute atomic E-state index is 0.0148. The molecule has 2 N–H and O–H groups in total. The van der Waals surface area contributed by atoms with Gasteiger partial charge < -0.3 is 10.6 Å². The van der Waals surface area contributed by atoms with Crippen LogP contribution < -0.4 is 10.6 Å². The molecule has 0 spiro atoms. The van der Waals surface area contributed by atoms with E-state index in [2.05, 4.69) is 27.8 Å². The van der Waals surface area contributed by atoms with Crippen molar-refractivity contribution in [1.29, 1.82) is 0 Å². The first-order valence-electron chi connectivity index (χ1n) is 8.81. The molecule has 5 nitrogen and oxygen atoms in total. The fourth-order valence-electron chi connectivity index (χ4n) is 3.10. The molecule has 2 amide bonds. The first-order valence-corrected chi connectivity index (χ1v) is 9.69. The molecule has 2 heterocycles. The van der Waals surface area contributed by atoms with Gasteiger partial charge in [0.15, 0.2) is 0 Å². The number of aromatic nitrogens is 1. The molecule has 6 heteroatoms. The van der Waals surface area contributed by atoms with E-state index in [0.29, 0.717) is 13.0 Å². The Bertz CT molecular complexity index is 982. The van der Waals surface area contributed by atoms with Crippen molar-refractivity contribution in [3.63, 3.8) is 0 Å². The third kappa shape index (κ3) is 4.41. The predicted octanol–water partition coefficient (Wildman–Crippen LogP) is 3.09. The van der Waals surface area contributed by atoms with Crippen LogP contribution in [0.4, 0.5) is 5.69 Å². The van der Waals surface area contributed by atoms with Crippen molar-refractivity contribution in [3.8, 4) is 0 Å². The van der Waals surface area contributed by atoms with Crippen LogP contribution in [0.5, 0.6) is 0 Å². The zero-order valence-corrected chi connectivity index (χ0v) is 15.5. The van der Waals surface area contributed by atoms with Crippen LogP contribution in [0.1, 0.15) is 27.4 Å². The number of carbonyl (C=O) groups excluding carboxylic acids is 2. The third-order valence-electron chi connectivity index (χ3n) is 4.42. The topological polar surface area (TPSA) is 71.1 Å². The minimum atomic E-state index is -0.0544. The highest BCUT2D eigenvalue weighted by atomic mass is 32.1. The van der Waals surface area contributed by atoms with Gasteiger partial charge in [-0.05, 0) is 22.8 Å². The predicted molar refractivity (Wildman–Crippen MR) is 106 cm³/mol.